The number of hydrogen-bond acceptors (Lipinski definition) is 6. The molecule has 0 aromatic heterocycles. The summed E-state index contributed by atoms with van der Waals surface area (Å²) in [5, 5.41) is 2.52. The summed E-state index contributed by atoms with van der Waals surface area (Å²) in [5.41, 5.74) is 1.27. The molecule has 3 amide bonds. The number of imide groups is 1. The molecule has 2 saturated heterocycles. The van der Waals surface area contributed by atoms with Crippen molar-refractivity contribution in [2.45, 2.75) is 51.5 Å². The van der Waals surface area contributed by atoms with E-state index in [1.54, 1.807) is 19.9 Å². The Bertz CT molecular complexity index is 999. The van der Waals surface area contributed by atoms with Crippen molar-refractivity contribution in [1.29, 1.82) is 0 Å². The molecule has 170 valence electrons. The first-order valence-corrected chi connectivity index (χ1v) is 11.9. The van der Waals surface area contributed by atoms with Gasteiger partial charge in [0, 0.05) is 26.2 Å². The van der Waals surface area contributed by atoms with Gasteiger partial charge in [0.2, 0.25) is 10.0 Å². The molecule has 0 radical (unpaired) electrons. The van der Waals surface area contributed by atoms with E-state index in [-0.39, 0.29) is 17.0 Å². The summed E-state index contributed by atoms with van der Waals surface area (Å²) in [6.07, 6.45) is 0.410. The van der Waals surface area contributed by atoms with Gasteiger partial charge in [0.25, 0.3) is 5.91 Å². The summed E-state index contributed by atoms with van der Waals surface area (Å²) < 4.78 is 33.2. The molecule has 1 N–H and O–H groups in total. The number of nitrogens with zero attached hydrogens (tertiary/aromatic N) is 2. The first-order chi connectivity index (χ1) is 14.5. The molecule has 2 heterocycles. The predicted molar refractivity (Wildman–Crippen MR) is 113 cm³/mol. The predicted octanol–water partition coefficient (Wildman–Crippen LogP) is 1.82. The molecular weight excluding hydrogens is 422 g/mol. The zero-order valence-electron chi connectivity index (χ0n) is 18.3. The zero-order chi connectivity index (χ0) is 22.9. The minimum absolute atomic E-state index is 0.0533. The van der Waals surface area contributed by atoms with Crippen molar-refractivity contribution < 1.29 is 27.5 Å². The molecule has 3 rings (SSSR count). The van der Waals surface area contributed by atoms with Gasteiger partial charge in [-0.05, 0) is 62.8 Å². The second kappa shape index (κ2) is 8.96. The third-order valence-corrected chi connectivity index (χ3v) is 8.00. The van der Waals surface area contributed by atoms with Gasteiger partial charge in [0.1, 0.15) is 0 Å². The third-order valence-electron chi connectivity index (χ3n) is 5.97. The molecule has 1 atom stereocenters. The molecule has 10 heteroatoms. The van der Waals surface area contributed by atoms with Gasteiger partial charge in [-0.3, -0.25) is 9.69 Å². The smallest absolute Gasteiger partial charge is 0.338 e. The highest BCUT2D eigenvalue weighted by atomic mass is 32.2. The minimum atomic E-state index is -3.76. The molecule has 2 aliphatic heterocycles. The lowest BCUT2D eigenvalue weighted by atomic mass is 10.0. The standard InChI is InChI=1S/C21H29N3O6S/c1-13-5-8-23(9-6-13)31(28,29)18-12-17(11-14(2)15(18)3)20(26)30-16(4)19(25)24-10-7-22-21(24)27/h11-13,16H,5-10H2,1-4H3,(H,22,27). The van der Waals surface area contributed by atoms with Crippen LogP contribution in [0, 0.1) is 19.8 Å². The van der Waals surface area contributed by atoms with E-state index in [9.17, 15) is 22.8 Å². The first kappa shape index (κ1) is 23.2. The molecule has 2 aliphatic rings. The van der Waals surface area contributed by atoms with Gasteiger partial charge >= 0.3 is 12.0 Å². The van der Waals surface area contributed by atoms with Crippen molar-refractivity contribution in [1.82, 2.24) is 14.5 Å². The molecule has 2 fully saturated rings. The van der Waals surface area contributed by atoms with Gasteiger partial charge in [0.15, 0.2) is 6.10 Å². The Labute approximate surface area is 182 Å². The number of urea groups is 1. The molecule has 0 aliphatic carbocycles. The summed E-state index contributed by atoms with van der Waals surface area (Å²) >= 11 is 0. The number of esters is 1. The van der Waals surface area contributed by atoms with Gasteiger partial charge in [-0.15, -0.1) is 0 Å². The van der Waals surface area contributed by atoms with Crippen LogP contribution in [0.5, 0.6) is 0 Å². The van der Waals surface area contributed by atoms with Crippen LogP contribution in [0.2, 0.25) is 0 Å². The van der Waals surface area contributed by atoms with E-state index in [1.807, 2.05) is 0 Å². The lowest BCUT2D eigenvalue weighted by Crippen LogP contribution is -2.41. The zero-order valence-corrected chi connectivity index (χ0v) is 19.1. The Balaban J connectivity index is 1.82. The normalized spacial score (nSPS) is 19.2. The van der Waals surface area contributed by atoms with Crippen LogP contribution in [-0.4, -0.2) is 67.8 Å². The topological polar surface area (TPSA) is 113 Å². The maximum Gasteiger partial charge on any atom is 0.338 e. The number of amides is 3. The summed E-state index contributed by atoms with van der Waals surface area (Å²) in [6.45, 7) is 8.37. The average Bonchev–Trinajstić information content (AvgIpc) is 3.15. The number of rotatable bonds is 5. The minimum Gasteiger partial charge on any atom is -0.449 e. The fraction of sp³-hybridized carbons (Fsp3) is 0.571. The lowest BCUT2D eigenvalue weighted by Gasteiger charge is -2.30. The molecular formula is C21H29N3O6S. The van der Waals surface area contributed by atoms with Gasteiger partial charge in [0.05, 0.1) is 10.5 Å². The molecule has 0 bridgehead atoms. The van der Waals surface area contributed by atoms with Gasteiger partial charge in [-0.2, -0.15) is 4.31 Å². The van der Waals surface area contributed by atoms with Crippen LogP contribution in [-0.2, 0) is 19.6 Å². The van der Waals surface area contributed by atoms with Crippen molar-refractivity contribution >= 4 is 27.9 Å². The Morgan fingerprint density at radius 3 is 2.39 bits per heavy atom. The maximum atomic E-state index is 13.3. The molecule has 0 spiro atoms. The molecule has 0 saturated carbocycles. The fourth-order valence-electron chi connectivity index (χ4n) is 3.76. The van der Waals surface area contributed by atoms with Crippen LogP contribution in [0.4, 0.5) is 4.79 Å². The Hall–Kier alpha value is -2.46. The first-order valence-electron chi connectivity index (χ1n) is 10.4. The maximum absolute atomic E-state index is 13.3. The van der Waals surface area contributed by atoms with Crippen LogP contribution in [0.15, 0.2) is 17.0 Å². The molecule has 9 nitrogen and oxygen atoms in total. The Kier molecular flexibility index (Phi) is 6.70. The molecule has 1 aromatic rings. The Morgan fingerprint density at radius 2 is 1.81 bits per heavy atom. The number of ether oxygens (including phenoxy) is 1. The van der Waals surface area contributed by atoms with E-state index in [2.05, 4.69) is 12.2 Å². The number of hydrogen-bond donors (Lipinski definition) is 1. The number of piperidine rings is 1. The van der Waals surface area contributed by atoms with Crippen molar-refractivity contribution in [2.24, 2.45) is 5.92 Å². The van der Waals surface area contributed by atoms with Gasteiger partial charge in [-0.25, -0.2) is 18.0 Å². The average molecular weight is 452 g/mol. The summed E-state index contributed by atoms with van der Waals surface area (Å²) in [7, 11) is -3.76. The SMILES string of the molecule is Cc1cc(C(=O)OC(C)C(=O)N2CCNC2=O)cc(S(=O)(=O)N2CCC(C)CC2)c1C. The second-order valence-corrected chi connectivity index (χ2v) is 10.2. The van der Waals surface area contributed by atoms with E-state index in [1.165, 1.54) is 17.3 Å². The molecule has 1 unspecified atom stereocenters. The summed E-state index contributed by atoms with van der Waals surface area (Å²) in [6, 6.07) is 2.34. The van der Waals surface area contributed by atoms with E-state index < -0.39 is 34.0 Å². The summed E-state index contributed by atoms with van der Waals surface area (Å²) in [5.74, 6) is -0.956. The number of aryl methyl sites for hydroxylation is 1. The highest BCUT2D eigenvalue weighted by Gasteiger charge is 2.33. The quantitative estimate of drug-likeness (QED) is 0.684. The number of nitrogens with one attached hydrogen (secondary N) is 1. The number of sulfonamides is 1. The number of carbonyl (C=O) groups is 3. The fourth-order valence-corrected chi connectivity index (χ4v) is 5.55. The van der Waals surface area contributed by atoms with Crippen molar-refractivity contribution in [3.05, 3.63) is 28.8 Å². The van der Waals surface area contributed by atoms with Crippen LogP contribution in [0.25, 0.3) is 0 Å². The van der Waals surface area contributed by atoms with Crippen LogP contribution in [0.1, 0.15) is 48.2 Å². The van der Waals surface area contributed by atoms with Crippen LogP contribution >= 0.6 is 0 Å². The number of carbonyl (C=O) groups excluding carboxylic acids is 3. The van der Waals surface area contributed by atoms with Crippen molar-refractivity contribution in [2.75, 3.05) is 26.2 Å². The van der Waals surface area contributed by atoms with Crippen molar-refractivity contribution in [3.8, 4) is 0 Å². The summed E-state index contributed by atoms with van der Waals surface area (Å²) in [4.78, 5) is 37.8. The molecule has 1 aromatic carbocycles. The van der Waals surface area contributed by atoms with Crippen molar-refractivity contribution in [3.63, 3.8) is 0 Å². The Morgan fingerprint density at radius 1 is 1.16 bits per heavy atom. The lowest BCUT2D eigenvalue weighted by molar-refractivity contribution is -0.136. The van der Waals surface area contributed by atoms with Crippen LogP contribution < -0.4 is 5.32 Å². The van der Waals surface area contributed by atoms with E-state index in [0.29, 0.717) is 36.7 Å². The molecule has 31 heavy (non-hydrogen) atoms. The van der Waals surface area contributed by atoms with E-state index in [0.717, 1.165) is 17.7 Å². The second-order valence-electron chi connectivity index (χ2n) is 8.27. The van der Waals surface area contributed by atoms with Gasteiger partial charge < -0.3 is 10.1 Å². The van der Waals surface area contributed by atoms with E-state index in [4.69, 9.17) is 4.74 Å². The largest absolute Gasteiger partial charge is 0.449 e. The van der Waals surface area contributed by atoms with Gasteiger partial charge in [-0.1, -0.05) is 6.92 Å². The van der Waals surface area contributed by atoms with Crippen LogP contribution in [0.3, 0.4) is 0 Å². The highest BCUT2D eigenvalue weighted by molar-refractivity contribution is 7.89. The number of benzene rings is 1. The van der Waals surface area contributed by atoms with E-state index >= 15 is 0 Å². The monoisotopic (exact) mass is 451 g/mol. The highest BCUT2D eigenvalue weighted by Crippen LogP contribution is 2.28. The third kappa shape index (κ3) is 4.74.